The van der Waals surface area contributed by atoms with E-state index in [0.29, 0.717) is 10.8 Å². The number of amides is 2. The Bertz CT molecular complexity index is 1250. The Morgan fingerprint density at radius 2 is 1.94 bits per heavy atom. The van der Waals surface area contributed by atoms with E-state index < -0.39 is 0 Å². The number of nitrogens with one attached hydrogen (secondary N) is 1. The van der Waals surface area contributed by atoms with E-state index in [0.717, 1.165) is 27.5 Å². The molecule has 5 rings (SSSR count). The molecule has 156 valence electrons. The van der Waals surface area contributed by atoms with Crippen molar-refractivity contribution in [2.24, 2.45) is 0 Å². The third-order valence-corrected chi connectivity index (χ3v) is 7.32. The molecule has 0 bridgehead atoms. The number of imidazole rings is 1. The predicted molar refractivity (Wildman–Crippen MR) is 124 cm³/mol. The highest BCUT2D eigenvalue weighted by molar-refractivity contribution is 8.00. The van der Waals surface area contributed by atoms with Gasteiger partial charge in [0.25, 0.3) is 5.91 Å². The van der Waals surface area contributed by atoms with E-state index in [-0.39, 0.29) is 23.6 Å². The molecular formula is C22H17ClN4O2S2. The number of hydrogen-bond acceptors (Lipinski definition) is 5. The number of fused-ring (bicyclic) bond motifs is 1. The van der Waals surface area contributed by atoms with E-state index in [2.05, 4.69) is 10.4 Å². The predicted octanol–water partition coefficient (Wildman–Crippen LogP) is 4.56. The summed E-state index contributed by atoms with van der Waals surface area (Å²) in [7, 11) is 0. The summed E-state index contributed by atoms with van der Waals surface area (Å²) in [5.41, 5.74) is 6.43. The molecule has 0 spiro atoms. The number of nitrogens with zero attached hydrogens (tertiary/aromatic N) is 3. The van der Waals surface area contributed by atoms with Gasteiger partial charge in [0.1, 0.15) is 5.37 Å². The molecule has 1 unspecified atom stereocenters. The average Bonchev–Trinajstić information content (AvgIpc) is 3.46. The van der Waals surface area contributed by atoms with Crippen LogP contribution in [0.3, 0.4) is 0 Å². The van der Waals surface area contributed by atoms with E-state index in [1.807, 2.05) is 58.4 Å². The number of carbonyl (C=O) groups excluding carboxylic acids is 2. The fourth-order valence-corrected chi connectivity index (χ4v) is 5.57. The second-order valence-corrected chi connectivity index (χ2v) is 9.40. The van der Waals surface area contributed by atoms with Gasteiger partial charge in [-0.1, -0.05) is 54.1 Å². The molecular weight excluding hydrogens is 452 g/mol. The van der Waals surface area contributed by atoms with Crippen molar-refractivity contribution in [1.29, 1.82) is 0 Å². The largest absolute Gasteiger partial charge is 0.294 e. The lowest BCUT2D eigenvalue weighted by atomic mass is 10.2. The third kappa shape index (κ3) is 4.06. The molecule has 0 radical (unpaired) electrons. The van der Waals surface area contributed by atoms with Crippen molar-refractivity contribution in [3.8, 4) is 11.3 Å². The number of rotatable bonds is 5. The first-order valence-electron chi connectivity index (χ1n) is 9.58. The first kappa shape index (κ1) is 20.1. The highest BCUT2D eigenvalue weighted by Crippen LogP contribution is 2.37. The van der Waals surface area contributed by atoms with Gasteiger partial charge in [0, 0.05) is 27.9 Å². The number of benzene rings is 2. The van der Waals surface area contributed by atoms with Crippen LogP contribution in [0.25, 0.3) is 16.2 Å². The van der Waals surface area contributed by atoms with Crippen molar-refractivity contribution in [1.82, 2.24) is 19.8 Å². The summed E-state index contributed by atoms with van der Waals surface area (Å²) in [6.45, 7) is 0. The molecule has 0 aliphatic carbocycles. The summed E-state index contributed by atoms with van der Waals surface area (Å²) in [5, 5.41) is 3.70. The monoisotopic (exact) mass is 468 g/mol. The van der Waals surface area contributed by atoms with Gasteiger partial charge >= 0.3 is 0 Å². The van der Waals surface area contributed by atoms with Crippen LogP contribution in [-0.2, 0) is 16.0 Å². The summed E-state index contributed by atoms with van der Waals surface area (Å²) in [5.74, 6) is -0.0506. The maximum absolute atomic E-state index is 12.8. The zero-order chi connectivity index (χ0) is 21.4. The van der Waals surface area contributed by atoms with Crippen LogP contribution in [0.15, 0.2) is 66.2 Å². The van der Waals surface area contributed by atoms with Gasteiger partial charge in [0.05, 0.1) is 17.9 Å². The minimum absolute atomic E-state index is 0.122. The Morgan fingerprint density at radius 1 is 1.16 bits per heavy atom. The normalized spacial score (nSPS) is 16.2. The zero-order valence-corrected chi connectivity index (χ0v) is 18.6. The van der Waals surface area contributed by atoms with Crippen molar-refractivity contribution >= 4 is 51.5 Å². The van der Waals surface area contributed by atoms with Gasteiger partial charge in [-0.05, 0) is 17.7 Å². The zero-order valence-electron chi connectivity index (χ0n) is 16.2. The Labute approximate surface area is 191 Å². The molecule has 1 aliphatic rings. The van der Waals surface area contributed by atoms with E-state index in [1.54, 1.807) is 12.1 Å². The minimum atomic E-state index is -0.269. The second kappa shape index (κ2) is 8.37. The molecule has 31 heavy (non-hydrogen) atoms. The molecule has 4 aromatic rings. The first-order valence-corrected chi connectivity index (χ1v) is 11.9. The minimum Gasteiger partial charge on any atom is -0.294 e. The van der Waals surface area contributed by atoms with Crippen LogP contribution in [0, 0.1) is 0 Å². The van der Waals surface area contributed by atoms with E-state index in [1.165, 1.54) is 28.1 Å². The molecule has 2 aromatic heterocycles. The highest BCUT2D eigenvalue weighted by Gasteiger charge is 2.34. The molecule has 2 amide bonds. The lowest BCUT2D eigenvalue weighted by Gasteiger charge is -2.24. The standard InChI is InChI=1S/C22H17ClN4O2S2/c23-16-8-6-15(7-9-16)21-27(20(29)13-30-21)25-19(28)10-17-12-31-22-24-18(11-26(17)22)14-4-2-1-3-5-14/h1-9,11-12,21H,10,13H2,(H,25,28). The van der Waals surface area contributed by atoms with Crippen molar-refractivity contribution in [3.05, 3.63) is 82.5 Å². The molecule has 3 heterocycles. The van der Waals surface area contributed by atoms with Gasteiger partial charge < -0.3 is 0 Å². The van der Waals surface area contributed by atoms with Crippen LogP contribution in [0.1, 0.15) is 16.6 Å². The van der Waals surface area contributed by atoms with Crippen molar-refractivity contribution < 1.29 is 9.59 Å². The summed E-state index contributed by atoms with van der Waals surface area (Å²) < 4.78 is 1.93. The van der Waals surface area contributed by atoms with Crippen LogP contribution in [0.2, 0.25) is 5.02 Å². The van der Waals surface area contributed by atoms with Crippen LogP contribution in [0.4, 0.5) is 0 Å². The van der Waals surface area contributed by atoms with E-state index in [4.69, 9.17) is 11.6 Å². The molecule has 0 saturated carbocycles. The molecule has 6 nitrogen and oxygen atoms in total. The van der Waals surface area contributed by atoms with Crippen LogP contribution in [0.5, 0.6) is 0 Å². The summed E-state index contributed by atoms with van der Waals surface area (Å²) in [4.78, 5) is 30.7. The topological polar surface area (TPSA) is 66.7 Å². The Kier molecular flexibility index (Phi) is 5.43. The lowest BCUT2D eigenvalue weighted by Crippen LogP contribution is -2.45. The Balaban J connectivity index is 1.33. The first-order chi connectivity index (χ1) is 15.1. The second-order valence-electron chi connectivity index (χ2n) is 7.06. The van der Waals surface area contributed by atoms with Gasteiger partial charge in [-0.3, -0.25) is 19.4 Å². The van der Waals surface area contributed by atoms with Gasteiger partial charge in [-0.25, -0.2) is 9.99 Å². The quantitative estimate of drug-likeness (QED) is 0.466. The SMILES string of the molecule is O=C(Cc1csc2nc(-c3ccccc3)cn12)NN1C(=O)CSC1c1ccc(Cl)cc1. The molecule has 1 aliphatic heterocycles. The van der Waals surface area contributed by atoms with Crippen molar-refractivity contribution in [3.63, 3.8) is 0 Å². The van der Waals surface area contributed by atoms with Gasteiger partial charge in [-0.2, -0.15) is 0 Å². The van der Waals surface area contributed by atoms with E-state index in [9.17, 15) is 9.59 Å². The number of hydrazine groups is 1. The summed E-state index contributed by atoms with van der Waals surface area (Å²) in [6.07, 6.45) is 2.09. The lowest BCUT2D eigenvalue weighted by molar-refractivity contribution is -0.139. The Morgan fingerprint density at radius 3 is 2.71 bits per heavy atom. The highest BCUT2D eigenvalue weighted by atomic mass is 35.5. The number of thiazole rings is 1. The fraction of sp³-hybridized carbons (Fsp3) is 0.136. The smallest absolute Gasteiger partial charge is 0.252 e. The molecule has 2 aromatic carbocycles. The molecule has 1 saturated heterocycles. The summed E-state index contributed by atoms with van der Waals surface area (Å²) >= 11 is 8.94. The Hall–Kier alpha value is -2.81. The molecule has 1 atom stereocenters. The number of thioether (sulfide) groups is 1. The maximum Gasteiger partial charge on any atom is 0.252 e. The van der Waals surface area contributed by atoms with Crippen LogP contribution in [-0.4, -0.2) is 32.0 Å². The van der Waals surface area contributed by atoms with Gasteiger partial charge in [0.15, 0.2) is 4.96 Å². The van der Waals surface area contributed by atoms with Crippen molar-refractivity contribution in [2.45, 2.75) is 11.8 Å². The van der Waals surface area contributed by atoms with Crippen LogP contribution >= 0.6 is 34.7 Å². The average molecular weight is 469 g/mol. The van der Waals surface area contributed by atoms with Crippen LogP contribution < -0.4 is 5.43 Å². The van der Waals surface area contributed by atoms with Crippen molar-refractivity contribution in [2.75, 3.05) is 5.75 Å². The number of carbonyl (C=O) groups is 2. The number of halogens is 1. The summed E-state index contributed by atoms with van der Waals surface area (Å²) in [6, 6.07) is 17.2. The third-order valence-electron chi connectivity index (χ3n) is 4.96. The maximum atomic E-state index is 12.8. The fourth-order valence-electron chi connectivity index (χ4n) is 3.46. The van der Waals surface area contributed by atoms with Gasteiger partial charge in [-0.15, -0.1) is 23.1 Å². The molecule has 1 fully saturated rings. The number of aromatic nitrogens is 2. The molecule has 1 N–H and O–H groups in total. The van der Waals surface area contributed by atoms with E-state index >= 15 is 0 Å². The molecule has 9 heteroatoms. The van der Waals surface area contributed by atoms with Gasteiger partial charge in [0.2, 0.25) is 5.91 Å². The number of hydrogen-bond donors (Lipinski definition) is 1.